The van der Waals surface area contributed by atoms with Crippen molar-refractivity contribution in [3.8, 4) is 11.4 Å². The van der Waals surface area contributed by atoms with Crippen LogP contribution in [0.4, 0.5) is 0 Å². The minimum Gasteiger partial charge on any atom is -0.271 e. The first kappa shape index (κ1) is 17.3. The molecule has 0 aliphatic rings. The molecule has 0 saturated carbocycles. The van der Waals surface area contributed by atoms with Crippen LogP contribution in [0, 0.1) is 0 Å². The Kier molecular flexibility index (Phi) is 4.70. The molecule has 0 bridgehead atoms. The molecule has 0 aliphatic carbocycles. The van der Waals surface area contributed by atoms with Crippen molar-refractivity contribution in [2.24, 2.45) is 0 Å². The number of rotatable bonds is 4. The van der Waals surface area contributed by atoms with E-state index in [9.17, 15) is 9.59 Å². The van der Waals surface area contributed by atoms with Crippen LogP contribution in [0.15, 0.2) is 66.7 Å². The van der Waals surface area contributed by atoms with Crippen molar-refractivity contribution in [2.45, 2.75) is 6.54 Å². The van der Waals surface area contributed by atoms with E-state index in [0.29, 0.717) is 11.3 Å². The van der Waals surface area contributed by atoms with Gasteiger partial charge in [0.2, 0.25) is 5.82 Å². The van der Waals surface area contributed by atoms with E-state index in [1.165, 1.54) is 0 Å². The maximum absolute atomic E-state index is 12.2. The maximum Gasteiger partial charge on any atom is 0.288 e. The zero-order chi connectivity index (χ0) is 19.3. The normalized spacial score (nSPS) is 10.6. The number of tetrazole rings is 1. The molecule has 9 heteroatoms. The molecule has 0 radical (unpaired) electrons. The molecule has 0 fully saturated rings. The van der Waals surface area contributed by atoms with Gasteiger partial charge in [0.05, 0.1) is 5.52 Å². The minimum absolute atomic E-state index is 0.189. The van der Waals surface area contributed by atoms with Gasteiger partial charge < -0.3 is 0 Å². The highest BCUT2D eigenvalue weighted by Crippen LogP contribution is 2.12. The lowest BCUT2D eigenvalue weighted by Gasteiger charge is -2.07. The van der Waals surface area contributed by atoms with Crippen LogP contribution in [0.2, 0.25) is 0 Å². The second-order valence-electron chi connectivity index (χ2n) is 5.90. The lowest BCUT2D eigenvalue weighted by atomic mass is 10.2. The Bertz CT molecular complexity index is 1140. The SMILES string of the molecule is O=C(Cn1nnc(-c2ccccc2)n1)NNC(=O)c1ccc2ccccc2n1. The minimum atomic E-state index is -0.518. The average Bonchev–Trinajstić information content (AvgIpc) is 3.20. The summed E-state index contributed by atoms with van der Waals surface area (Å²) in [6.07, 6.45) is 0. The van der Waals surface area contributed by atoms with Gasteiger partial charge in [-0.3, -0.25) is 20.4 Å². The fourth-order valence-corrected chi connectivity index (χ4v) is 2.56. The number of fused-ring (bicyclic) bond motifs is 1. The summed E-state index contributed by atoms with van der Waals surface area (Å²) in [4.78, 5) is 29.6. The van der Waals surface area contributed by atoms with Crippen molar-refractivity contribution in [3.05, 3.63) is 72.4 Å². The molecule has 0 unspecified atom stereocenters. The first-order chi connectivity index (χ1) is 13.7. The molecule has 138 valence electrons. The van der Waals surface area contributed by atoms with Gasteiger partial charge >= 0.3 is 0 Å². The molecule has 4 aromatic rings. The van der Waals surface area contributed by atoms with Gasteiger partial charge in [-0.15, -0.1) is 10.2 Å². The summed E-state index contributed by atoms with van der Waals surface area (Å²) >= 11 is 0. The van der Waals surface area contributed by atoms with Gasteiger partial charge in [0, 0.05) is 10.9 Å². The first-order valence-electron chi connectivity index (χ1n) is 8.47. The first-order valence-corrected chi connectivity index (χ1v) is 8.47. The molecule has 2 aromatic heterocycles. The smallest absolute Gasteiger partial charge is 0.271 e. The van der Waals surface area contributed by atoms with Crippen molar-refractivity contribution in [2.75, 3.05) is 0 Å². The predicted octanol–water partition coefficient (Wildman–Crippen LogP) is 1.35. The van der Waals surface area contributed by atoms with Crippen molar-refractivity contribution >= 4 is 22.7 Å². The largest absolute Gasteiger partial charge is 0.288 e. The zero-order valence-corrected chi connectivity index (χ0v) is 14.6. The van der Waals surface area contributed by atoms with E-state index in [1.807, 2.05) is 54.6 Å². The highest BCUT2D eigenvalue weighted by Gasteiger charge is 2.12. The second-order valence-corrected chi connectivity index (χ2v) is 5.90. The molecule has 0 aliphatic heterocycles. The standard InChI is InChI=1S/C19H15N7O2/c27-17(12-26-24-18(22-25-26)14-7-2-1-3-8-14)21-23-19(28)16-11-10-13-6-4-5-9-15(13)20-16/h1-11H,12H2,(H,21,27)(H,23,28). The highest BCUT2D eigenvalue weighted by atomic mass is 16.2. The topological polar surface area (TPSA) is 115 Å². The molecule has 0 spiro atoms. The Morgan fingerprint density at radius 3 is 2.54 bits per heavy atom. The monoisotopic (exact) mass is 373 g/mol. The van der Waals surface area contributed by atoms with Crippen LogP contribution in [0.5, 0.6) is 0 Å². The molecular formula is C19H15N7O2. The van der Waals surface area contributed by atoms with Crippen molar-refractivity contribution in [1.29, 1.82) is 0 Å². The zero-order valence-electron chi connectivity index (χ0n) is 14.6. The van der Waals surface area contributed by atoms with E-state index in [0.717, 1.165) is 15.7 Å². The number of nitrogens with one attached hydrogen (secondary N) is 2. The van der Waals surface area contributed by atoms with Crippen molar-refractivity contribution in [1.82, 2.24) is 36.0 Å². The number of amides is 2. The third kappa shape index (κ3) is 3.83. The number of pyridine rings is 1. The number of hydrogen-bond acceptors (Lipinski definition) is 6. The Balaban J connectivity index is 1.35. The van der Waals surface area contributed by atoms with Gasteiger partial charge in [0.15, 0.2) is 0 Å². The van der Waals surface area contributed by atoms with E-state index in [2.05, 4.69) is 31.2 Å². The van der Waals surface area contributed by atoms with Crippen LogP contribution in [0.3, 0.4) is 0 Å². The van der Waals surface area contributed by atoms with Crippen LogP contribution < -0.4 is 10.9 Å². The summed E-state index contributed by atoms with van der Waals surface area (Å²) in [6.45, 7) is -0.189. The second kappa shape index (κ2) is 7.62. The van der Waals surface area contributed by atoms with Crippen molar-refractivity contribution in [3.63, 3.8) is 0 Å². The lowest BCUT2D eigenvalue weighted by Crippen LogP contribution is -2.43. The fraction of sp³-hybridized carbons (Fsp3) is 0.0526. The number of carbonyl (C=O) groups is 2. The Labute approximate surface area is 159 Å². The van der Waals surface area contributed by atoms with Gasteiger partial charge in [-0.1, -0.05) is 54.6 Å². The molecule has 0 saturated heterocycles. The molecule has 2 amide bonds. The Morgan fingerprint density at radius 2 is 1.68 bits per heavy atom. The third-order valence-corrected chi connectivity index (χ3v) is 3.92. The Morgan fingerprint density at radius 1 is 0.893 bits per heavy atom. The summed E-state index contributed by atoms with van der Waals surface area (Å²) < 4.78 is 0. The van der Waals surface area contributed by atoms with E-state index in [-0.39, 0.29) is 12.2 Å². The predicted molar refractivity (Wildman–Crippen MR) is 101 cm³/mol. The molecule has 2 N–H and O–H groups in total. The van der Waals surface area contributed by atoms with Crippen LogP contribution in [0.25, 0.3) is 22.3 Å². The molecule has 0 atom stereocenters. The van der Waals surface area contributed by atoms with Crippen LogP contribution >= 0.6 is 0 Å². The molecule has 2 aromatic carbocycles. The van der Waals surface area contributed by atoms with Gasteiger partial charge in [-0.05, 0) is 17.3 Å². The number of aromatic nitrogens is 5. The van der Waals surface area contributed by atoms with Crippen LogP contribution in [-0.2, 0) is 11.3 Å². The molecule has 9 nitrogen and oxygen atoms in total. The number of para-hydroxylation sites is 1. The lowest BCUT2D eigenvalue weighted by molar-refractivity contribution is -0.122. The van der Waals surface area contributed by atoms with E-state index >= 15 is 0 Å². The summed E-state index contributed by atoms with van der Waals surface area (Å²) in [6, 6.07) is 20.1. The number of nitrogens with zero attached hydrogens (tertiary/aromatic N) is 5. The number of hydrogen-bond donors (Lipinski definition) is 2. The summed E-state index contributed by atoms with van der Waals surface area (Å²) in [5.41, 5.74) is 6.34. The summed E-state index contributed by atoms with van der Waals surface area (Å²) in [7, 11) is 0. The van der Waals surface area contributed by atoms with E-state index in [1.54, 1.807) is 12.1 Å². The van der Waals surface area contributed by atoms with Gasteiger partial charge in [-0.2, -0.15) is 4.80 Å². The van der Waals surface area contributed by atoms with Gasteiger partial charge in [0.1, 0.15) is 12.2 Å². The van der Waals surface area contributed by atoms with Crippen LogP contribution in [-0.4, -0.2) is 37.0 Å². The fourth-order valence-electron chi connectivity index (χ4n) is 2.56. The van der Waals surface area contributed by atoms with E-state index < -0.39 is 11.8 Å². The highest BCUT2D eigenvalue weighted by molar-refractivity contribution is 5.95. The Hall–Kier alpha value is -4.14. The third-order valence-electron chi connectivity index (χ3n) is 3.92. The van der Waals surface area contributed by atoms with Crippen LogP contribution in [0.1, 0.15) is 10.5 Å². The van der Waals surface area contributed by atoms with E-state index in [4.69, 9.17) is 0 Å². The summed E-state index contributed by atoms with van der Waals surface area (Å²) in [5, 5.41) is 12.8. The van der Waals surface area contributed by atoms with Crippen molar-refractivity contribution < 1.29 is 9.59 Å². The maximum atomic E-state index is 12.2. The molecular weight excluding hydrogens is 358 g/mol. The molecule has 28 heavy (non-hydrogen) atoms. The average molecular weight is 373 g/mol. The summed E-state index contributed by atoms with van der Waals surface area (Å²) in [5.74, 6) is -0.598. The number of benzene rings is 2. The number of carbonyl (C=O) groups excluding carboxylic acids is 2. The quantitative estimate of drug-likeness (QED) is 0.522. The number of hydrazine groups is 1. The molecule has 2 heterocycles. The van der Waals surface area contributed by atoms with Gasteiger partial charge in [-0.25, -0.2) is 4.98 Å². The molecule has 4 rings (SSSR count). The van der Waals surface area contributed by atoms with Gasteiger partial charge in [0.25, 0.3) is 11.8 Å².